The van der Waals surface area contributed by atoms with Gasteiger partial charge >= 0.3 is 0 Å². The molecule has 0 saturated carbocycles. The second-order valence-corrected chi connectivity index (χ2v) is 10.3. The highest BCUT2D eigenvalue weighted by Gasteiger charge is 2.40. The van der Waals surface area contributed by atoms with Gasteiger partial charge in [0.2, 0.25) is 15.2 Å². The highest BCUT2D eigenvalue weighted by molar-refractivity contribution is 7.92. The lowest BCUT2D eigenvalue weighted by Crippen LogP contribution is -2.57. The van der Waals surface area contributed by atoms with Gasteiger partial charge in [0, 0.05) is 31.7 Å². The first-order chi connectivity index (χ1) is 17.2. The molecule has 36 heavy (non-hydrogen) atoms. The van der Waals surface area contributed by atoms with E-state index in [1.54, 1.807) is 19.1 Å². The Morgan fingerprint density at radius 2 is 1.53 bits per heavy atom. The van der Waals surface area contributed by atoms with Crippen molar-refractivity contribution in [3.8, 4) is 0 Å². The SMILES string of the molecule is Cc1ccc(S(=O)(=O)C(NC(=O)c2ccco2)C(=O)N2CCN(C(=O)c3ccc(F)cc3)CC2)cc1. The quantitative estimate of drug-likeness (QED) is 0.540. The molecule has 2 aromatic carbocycles. The lowest BCUT2D eigenvalue weighted by molar-refractivity contribution is -0.132. The summed E-state index contributed by atoms with van der Waals surface area (Å²) in [7, 11) is -4.31. The number of amides is 3. The van der Waals surface area contributed by atoms with Crippen molar-refractivity contribution < 1.29 is 31.6 Å². The van der Waals surface area contributed by atoms with Crippen molar-refractivity contribution in [1.82, 2.24) is 15.1 Å². The van der Waals surface area contributed by atoms with Crippen LogP contribution in [0.3, 0.4) is 0 Å². The van der Waals surface area contributed by atoms with E-state index in [1.165, 1.54) is 64.6 Å². The predicted molar refractivity (Wildman–Crippen MR) is 127 cm³/mol. The van der Waals surface area contributed by atoms with Crippen molar-refractivity contribution in [3.05, 3.63) is 89.6 Å². The molecule has 0 aliphatic carbocycles. The number of carbonyl (C=O) groups is 3. The Bertz CT molecular complexity index is 1350. The molecule has 1 N–H and O–H groups in total. The van der Waals surface area contributed by atoms with Crippen molar-refractivity contribution >= 4 is 27.6 Å². The van der Waals surface area contributed by atoms with E-state index in [-0.39, 0.29) is 42.7 Å². The van der Waals surface area contributed by atoms with Crippen LogP contribution >= 0.6 is 0 Å². The zero-order chi connectivity index (χ0) is 25.9. The Hall–Kier alpha value is -3.99. The molecule has 3 amide bonds. The van der Waals surface area contributed by atoms with E-state index in [0.29, 0.717) is 5.56 Å². The maximum atomic E-state index is 13.4. The van der Waals surface area contributed by atoms with Gasteiger partial charge in [-0.25, -0.2) is 12.8 Å². The van der Waals surface area contributed by atoms with Gasteiger partial charge in [-0.15, -0.1) is 0 Å². The molecule has 1 aromatic heterocycles. The summed E-state index contributed by atoms with van der Waals surface area (Å²) in [4.78, 5) is 41.5. The maximum absolute atomic E-state index is 13.4. The fraction of sp³-hybridized carbons (Fsp3) is 0.240. The van der Waals surface area contributed by atoms with Crippen LogP contribution in [0.5, 0.6) is 0 Å². The Labute approximate surface area is 207 Å². The van der Waals surface area contributed by atoms with Crippen molar-refractivity contribution in [2.45, 2.75) is 17.2 Å². The molecule has 1 saturated heterocycles. The van der Waals surface area contributed by atoms with Crippen LogP contribution in [0.4, 0.5) is 4.39 Å². The highest BCUT2D eigenvalue weighted by atomic mass is 32.2. The summed E-state index contributed by atoms with van der Waals surface area (Å²) >= 11 is 0. The molecule has 1 unspecified atom stereocenters. The number of carbonyl (C=O) groups excluding carboxylic acids is 3. The zero-order valence-corrected chi connectivity index (χ0v) is 20.2. The van der Waals surface area contributed by atoms with Crippen LogP contribution in [0.15, 0.2) is 76.2 Å². The number of benzene rings is 2. The van der Waals surface area contributed by atoms with Crippen LogP contribution in [0.1, 0.15) is 26.5 Å². The fourth-order valence-electron chi connectivity index (χ4n) is 3.80. The molecule has 1 aliphatic rings. The number of rotatable bonds is 6. The van der Waals surface area contributed by atoms with Crippen molar-refractivity contribution in [2.75, 3.05) is 26.2 Å². The first-order valence-corrected chi connectivity index (χ1v) is 12.7. The number of aryl methyl sites for hydroxylation is 1. The van der Waals surface area contributed by atoms with Gasteiger partial charge in [-0.3, -0.25) is 14.4 Å². The third-order valence-electron chi connectivity index (χ3n) is 5.86. The van der Waals surface area contributed by atoms with Crippen LogP contribution < -0.4 is 5.32 Å². The lowest BCUT2D eigenvalue weighted by Gasteiger charge is -2.36. The number of halogens is 1. The van der Waals surface area contributed by atoms with Gasteiger partial charge in [0.05, 0.1) is 11.2 Å². The summed E-state index contributed by atoms with van der Waals surface area (Å²) in [5.74, 6) is -2.58. The average molecular weight is 514 g/mol. The fourth-order valence-corrected chi connectivity index (χ4v) is 5.27. The minimum Gasteiger partial charge on any atom is -0.459 e. The van der Waals surface area contributed by atoms with Crippen molar-refractivity contribution in [2.24, 2.45) is 0 Å². The summed E-state index contributed by atoms with van der Waals surface area (Å²) in [5, 5.41) is 0.416. The number of hydrogen-bond donors (Lipinski definition) is 1. The monoisotopic (exact) mass is 513 g/mol. The molecular formula is C25H24FN3O6S. The molecule has 188 valence electrons. The number of nitrogens with one attached hydrogen (secondary N) is 1. The van der Waals surface area contributed by atoms with Crippen LogP contribution in [-0.4, -0.2) is 67.5 Å². The molecule has 3 aromatic rings. The Kier molecular flexibility index (Phi) is 7.20. The molecule has 1 fully saturated rings. The second-order valence-electron chi connectivity index (χ2n) is 8.31. The largest absolute Gasteiger partial charge is 0.459 e. The summed E-state index contributed by atoms with van der Waals surface area (Å²) in [6.45, 7) is 2.20. The minimum atomic E-state index is -4.31. The van der Waals surface area contributed by atoms with Crippen LogP contribution in [-0.2, 0) is 14.6 Å². The van der Waals surface area contributed by atoms with Gasteiger partial charge < -0.3 is 19.5 Å². The first-order valence-electron chi connectivity index (χ1n) is 11.2. The van der Waals surface area contributed by atoms with Crippen LogP contribution in [0.25, 0.3) is 0 Å². The molecule has 11 heteroatoms. The molecule has 1 atom stereocenters. The van der Waals surface area contributed by atoms with Gasteiger partial charge in [-0.1, -0.05) is 17.7 Å². The normalized spacial score (nSPS) is 14.8. The molecule has 4 rings (SSSR count). The smallest absolute Gasteiger partial charge is 0.288 e. The maximum Gasteiger partial charge on any atom is 0.288 e. The summed E-state index contributed by atoms with van der Waals surface area (Å²) in [5.41, 5.74) is 1.14. The van der Waals surface area contributed by atoms with Crippen LogP contribution in [0.2, 0.25) is 0 Å². The number of nitrogens with zero attached hydrogens (tertiary/aromatic N) is 2. The summed E-state index contributed by atoms with van der Waals surface area (Å²) in [6.07, 6.45) is 1.26. The predicted octanol–water partition coefficient (Wildman–Crippen LogP) is 2.24. The van der Waals surface area contributed by atoms with Crippen molar-refractivity contribution in [1.29, 1.82) is 0 Å². The summed E-state index contributed by atoms with van der Waals surface area (Å²) < 4.78 is 45.1. The Balaban J connectivity index is 1.53. The van der Waals surface area contributed by atoms with E-state index in [1.807, 2.05) is 0 Å². The Morgan fingerprint density at radius 3 is 2.11 bits per heavy atom. The van der Waals surface area contributed by atoms with Gasteiger partial charge in [0.1, 0.15) is 5.82 Å². The summed E-state index contributed by atoms with van der Waals surface area (Å²) in [6, 6.07) is 13.9. The standard InChI is InChI=1S/C25H24FN3O6S/c1-17-4-10-20(11-5-17)36(33,34)23(27-22(30)21-3-2-16-35-21)25(32)29-14-12-28(13-15-29)24(31)18-6-8-19(26)9-7-18/h2-11,16,23H,12-15H2,1H3,(H,27,30). The average Bonchev–Trinajstić information content (AvgIpc) is 3.42. The van der Waals surface area contributed by atoms with E-state index < -0.39 is 32.8 Å². The van der Waals surface area contributed by atoms with Gasteiger partial charge in [0.25, 0.3) is 17.7 Å². The molecule has 0 spiro atoms. The minimum absolute atomic E-state index is 0.0578. The number of furan rings is 1. The van der Waals surface area contributed by atoms with E-state index in [4.69, 9.17) is 4.42 Å². The number of hydrogen-bond acceptors (Lipinski definition) is 6. The van der Waals surface area contributed by atoms with Crippen molar-refractivity contribution in [3.63, 3.8) is 0 Å². The number of sulfone groups is 1. The van der Waals surface area contributed by atoms with E-state index in [9.17, 15) is 27.2 Å². The van der Waals surface area contributed by atoms with Gasteiger partial charge in [0.15, 0.2) is 5.76 Å². The zero-order valence-electron chi connectivity index (χ0n) is 19.4. The molecule has 2 heterocycles. The van der Waals surface area contributed by atoms with E-state index in [2.05, 4.69) is 5.32 Å². The molecule has 9 nitrogen and oxygen atoms in total. The van der Waals surface area contributed by atoms with Gasteiger partial charge in [-0.2, -0.15) is 0 Å². The van der Waals surface area contributed by atoms with E-state index >= 15 is 0 Å². The molecular weight excluding hydrogens is 489 g/mol. The van der Waals surface area contributed by atoms with Gasteiger partial charge in [-0.05, 0) is 55.5 Å². The molecule has 0 radical (unpaired) electrons. The first kappa shape index (κ1) is 25.1. The van der Waals surface area contributed by atoms with E-state index in [0.717, 1.165) is 5.56 Å². The Morgan fingerprint density at radius 1 is 0.917 bits per heavy atom. The molecule has 0 bridgehead atoms. The molecule has 1 aliphatic heterocycles. The lowest BCUT2D eigenvalue weighted by atomic mass is 10.1. The second kappa shape index (κ2) is 10.3. The third kappa shape index (κ3) is 5.30. The third-order valence-corrected chi connectivity index (χ3v) is 7.73. The number of piperazine rings is 1. The highest BCUT2D eigenvalue weighted by Crippen LogP contribution is 2.19. The van der Waals surface area contributed by atoms with Crippen LogP contribution in [0, 0.1) is 12.7 Å². The topological polar surface area (TPSA) is 117 Å².